The molecule has 0 radical (unpaired) electrons. The van der Waals surface area contributed by atoms with Gasteiger partial charge in [-0.1, -0.05) is 0 Å². The molecular formula is C8H15ClN2O. The number of urea groups is 1. The molecule has 1 rings (SSSR count). The lowest BCUT2D eigenvalue weighted by Gasteiger charge is -2.30. The van der Waals surface area contributed by atoms with Gasteiger partial charge in [-0.05, 0) is 18.8 Å². The van der Waals surface area contributed by atoms with Crippen molar-refractivity contribution in [2.45, 2.75) is 12.8 Å². The minimum absolute atomic E-state index is 0.0306. The summed E-state index contributed by atoms with van der Waals surface area (Å²) in [7, 11) is 1.66. The van der Waals surface area contributed by atoms with Gasteiger partial charge in [-0.15, -0.1) is 11.6 Å². The van der Waals surface area contributed by atoms with Gasteiger partial charge in [-0.3, -0.25) is 0 Å². The molecule has 0 atom stereocenters. The van der Waals surface area contributed by atoms with Crippen molar-refractivity contribution in [2.24, 2.45) is 5.92 Å². The Morgan fingerprint density at radius 2 is 2.17 bits per heavy atom. The highest BCUT2D eigenvalue weighted by molar-refractivity contribution is 6.18. The Morgan fingerprint density at radius 1 is 1.58 bits per heavy atom. The first kappa shape index (κ1) is 9.65. The van der Waals surface area contributed by atoms with E-state index in [0.29, 0.717) is 5.92 Å². The summed E-state index contributed by atoms with van der Waals surface area (Å²) >= 11 is 5.72. The number of amides is 2. The number of carbonyl (C=O) groups is 1. The third-order valence-corrected chi connectivity index (χ3v) is 2.77. The minimum atomic E-state index is 0.0306. The van der Waals surface area contributed by atoms with Gasteiger partial charge in [-0.2, -0.15) is 0 Å². The lowest BCUT2D eigenvalue weighted by atomic mass is 9.99. The molecule has 1 aliphatic rings. The van der Waals surface area contributed by atoms with Gasteiger partial charge in [0.2, 0.25) is 0 Å². The summed E-state index contributed by atoms with van der Waals surface area (Å²) in [5.41, 5.74) is 0. The van der Waals surface area contributed by atoms with E-state index in [1.165, 1.54) is 0 Å². The summed E-state index contributed by atoms with van der Waals surface area (Å²) in [5, 5.41) is 2.62. The third kappa shape index (κ3) is 2.27. The van der Waals surface area contributed by atoms with Crippen molar-refractivity contribution in [1.82, 2.24) is 10.2 Å². The van der Waals surface area contributed by atoms with Gasteiger partial charge in [-0.25, -0.2) is 4.79 Å². The first-order valence-corrected chi connectivity index (χ1v) is 4.84. The van der Waals surface area contributed by atoms with Crippen LogP contribution in [0.3, 0.4) is 0 Å². The molecule has 1 N–H and O–H groups in total. The highest BCUT2D eigenvalue weighted by Gasteiger charge is 2.20. The van der Waals surface area contributed by atoms with Gasteiger partial charge < -0.3 is 10.2 Å². The molecule has 12 heavy (non-hydrogen) atoms. The molecule has 0 aromatic rings. The maximum atomic E-state index is 11.1. The van der Waals surface area contributed by atoms with Gasteiger partial charge in [0.15, 0.2) is 0 Å². The van der Waals surface area contributed by atoms with Crippen LogP contribution in [0.25, 0.3) is 0 Å². The number of piperidine rings is 1. The van der Waals surface area contributed by atoms with E-state index >= 15 is 0 Å². The summed E-state index contributed by atoms with van der Waals surface area (Å²) in [5.74, 6) is 1.33. The maximum Gasteiger partial charge on any atom is 0.317 e. The fraction of sp³-hybridized carbons (Fsp3) is 0.875. The highest BCUT2D eigenvalue weighted by atomic mass is 35.5. The number of carbonyl (C=O) groups excluding carboxylic acids is 1. The van der Waals surface area contributed by atoms with Crippen LogP contribution in [-0.2, 0) is 0 Å². The Morgan fingerprint density at radius 3 is 2.58 bits per heavy atom. The van der Waals surface area contributed by atoms with E-state index in [1.54, 1.807) is 7.05 Å². The van der Waals surface area contributed by atoms with Crippen molar-refractivity contribution in [2.75, 3.05) is 26.0 Å². The van der Waals surface area contributed by atoms with Crippen LogP contribution in [0.5, 0.6) is 0 Å². The van der Waals surface area contributed by atoms with Crippen LogP contribution >= 0.6 is 11.6 Å². The smallest absolute Gasteiger partial charge is 0.317 e. The standard InChI is InChI=1S/C8H15ClN2O/c1-10-8(12)11-4-2-7(6-9)3-5-11/h7H,2-6H2,1H3,(H,10,12). The van der Waals surface area contributed by atoms with Gasteiger partial charge in [0.1, 0.15) is 0 Å². The van der Waals surface area contributed by atoms with Crippen molar-refractivity contribution >= 4 is 17.6 Å². The Balaban J connectivity index is 2.30. The molecule has 4 heteroatoms. The van der Waals surface area contributed by atoms with Crippen molar-refractivity contribution in [3.05, 3.63) is 0 Å². The number of nitrogens with one attached hydrogen (secondary N) is 1. The summed E-state index contributed by atoms with van der Waals surface area (Å²) in [6, 6.07) is 0.0306. The largest absolute Gasteiger partial charge is 0.341 e. The highest BCUT2D eigenvalue weighted by Crippen LogP contribution is 2.17. The molecular weight excluding hydrogens is 176 g/mol. The van der Waals surface area contributed by atoms with Crippen molar-refractivity contribution in [3.63, 3.8) is 0 Å². The van der Waals surface area contributed by atoms with Crippen LogP contribution in [0.15, 0.2) is 0 Å². The van der Waals surface area contributed by atoms with Crippen LogP contribution in [-0.4, -0.2) is 36.9 Å². The number of hydrogen-bond donors (Lipinski definition) is 1. The normalized spacial score (nSPS) is 19.3. The van der Waals surface area contributed by atoms with E-state index in [1.807, 2.05) is 4.90 Å². The number of hydrogen-bond acceptors (Lipinski definition) is 1. The molecule has 0 aromatic heterocycles. The molecule has 0 saturated carbocycles. The van der Waals surface area contributed by atoms with Crippen LogP contribution < -0.4 is 5.32 Å². The fourth-order valence-electron chi connectivity index (χ4n) is 1.45. The molecule has 3 nitrogen and oxygen atoms in total. The predicted molar refractivity (Wildman–Crippen MR) is 49.5 cm³/mol. The lowest BCUT2D eigenvalue weighted by Crippen LogP contribution is -2.43. The van der Waals surface area contributed by atoms with Crippen molar-refractivity contribution in [1.29, 1.82) is 0 Å². The average Bonchev–Trinajstić information content (AvgIpc) is 2.17. The van der Waals surface area contributed by atoms with Crippen LogP contribution in [0.1, 0.15) is 12.8 Å². The molecule has 0 aliphatic carbocycles. The molecule has 1 saturated heterocycles. The van der Waals surface area contributed by atoms with Crippen molar-refractivity contribution < 1.29 is 4.79 Å². The zero-order chi connectivity index (χ0) is 8.97. The summed E-state index contributed by atoms with van der Waals surface area (Å²) in [6.45, 7) is 1.69. The summed E-state index contributed by atoms with van der Waals surface area (Å²) < 4.78 is 0. The number of alkyl halides is 1. The third-order valence-electron chi connectivity index (χ3n) is 2.33. The summed E-state index contributed by atoms with van der Waals surface area (Å²) in [6.07, 6.45) is 2.08. The second kappa shape index (κ2) is 4.55. The van der Waals surface area contributed by atoms with Crippen LogP contribution in [0.2, 0.25) is 0 Å². The molecule has 70 valence electrons. The first-order chi connectivity index (χ1) is 5.77. The minimum Gasteiger partial charge on any atom is -0.341 e. The molecule has 0 aromatic carbocycles. The molecule has 2 amide bonds. The fourth-order valence-corrected chi connectivity index (χ4v) is 1.76. The number of rotatable bonds is 1. The van der Waals surface area contributed by atoms with Crippen molar-refractivity contribution in [3.8, 4) is 0 Å². The molecule has 0 unspecified atom stereocenters. The number of halogens is 1. The van der Waals surface area contributed by atoms with E-state index in [2.05, 4.69) is 5.32 Å². The molecule has 0 bridgehead atoms. The monoisotopic (exact) mass is 190 g/mol. The molecule has 1 heterocycles. The van der Waals surface area contributed by atoms with Gasteiger partial charge in [0, 0.05) is 26.0 Å². The SMILES string of the molecule is CNC(=O)N1CCC(CCl)CC1. The first-order valence-electron chi connectivity index (χ1n) is 4.30. The predicted octanol–water partition coefficient (Wildman–Crippen LogP) is 1.28. The number of likely N-dealkylation sites (tertiary alicyclic amines) is 1. The van der Waals surface area contributed by atoms with E-state index in [9.17, 15) is 4.79 Å². The van der Waals surface area contributed by atoms with E-state index in [0.717, 1.165) is 31.8 Å². The second-order valence-corrected chi connectivity index (χ2v) is 3.45. The lowest BCUT2D eigenvalue weighted by molar-refractivity contribution is 0.176. The number of nitrogens with zero attached hydrogens (tertiary/aromatic N) is 1. The zero-order valence-corrected chi connectivity index (χ0v) is 8.10. The van der Waals surface area contributed by atoms with Crippen LogP contribution in [0, 0.1) is 5.92 Å². The second-order valence-electron chi connectivity index (χ2n) is 3.14. The van der Waals surface area contributed by atoms with Gasteiger partial charge >= 0.3 is 6.03 Å². The van der Waals surface area contributed by atoms with Gasteiger partial charge in [0.25, 0.3) is 0 Å². The summed E-state index contributed by atoms with van der Waals surface area (Å²) in [4.78, 5) is 13.0. The Bertz CT molecular complexity index is 155. The van der Waals surface area contributed by atoms with E-state index in [-0.39, 0.29) is 6.03 Å². The van der Waals surface area contributed by atoms with E-state index < -0.39 is 0 Å². The van der Waals surface area contributed by atoms with Crippen LogP contribution in [0.4, 0.5) is 4.79 Å². The Hall–Kier alpha value is -0.440. The van der Waals surface area contributed by atoms with E-state index in [4.69, 9.17) is 11.6 Å². The Labute approximate surface area is 78.1 Å². The Kier molecular flexibility index (Phi) is 3.66. The maximum absolute atomic E-state index is 11.1. The molecule has 1 aliphatic heterocycles. The van der Waals surface area contributed by atoms with Gasteiger partial charge in [0.05, 0.1) is 0 Å². The average molecular weight is 191 g/mol. The molecule has 0 spiro atoms. The topological polar surface area (TPSA) is 32.3 Å². The zero-order valence-electron chi connectivity index (χ0n) is 7.35. The molecule has 1 fully saturated rings. The quantitative estimate of drug-likeness (QED) is 0.621.